The van der Waals surface area contributed by atoms with Crippen LogP contribution in [-0.4, -0.2) is 34.9 Å². The van der Waals surface area contributed by atoms with Gasteiger partial charge in [0.05, 0.1) is 6.61 Å². The van der Waals surface area contributed by atoms with Crippen molar-refractivity contribution in [2.45, 2.75) is 64.9 Å². The fraction of sp³-hybridized carbons (Fsp3) is 0.857. The number of carbonyl (C=O) groups excluding carboxylic acids is 2. The molecule has 0 aromatic heterocycles. The molecule has 0 aromatic rings. The highest BCUT2D eigenvalue weighted by molar-refractivity contribution is 5.87. The zero-order valence-electron chi connectivity index (χ0n) is 11.9. The van der Waals surface area contributed by atoms with E-state index in [2.05, 4.69) is 18.6 Å². The lowest BCUT2D eigenvalue weighted by Crippen LogP contribution is -2.28. The minimum Gasteiger partial charge on any atom is -0.393 e. The maximum absolute atomic E-state index is 11.3. The van der Waals surface area contributed by atoms with Gasteiger partial charge in [0.25, 0.3) is 0 Å². The van der Waals surface area contributed by atoms with Crippen molar-refractivity contribution in [1.82, 2.24) is 0 Å². The molecule has 1 atom stereocenters. The van der Waals surface area contributed by atoms with E-state index in [0.29, 0.717) is 12.3 Å². The Kier molecular flexibility index (Phi) is 10.4. The van der Waals surface area contributed by atoms with Crippen molar-refractivity contribution in [2.24, 2.45) is 5.92 Å². The smallest absolute Gasteiger partial charge is 0.345 e. The Hall–Kier alpha value is -0.940. The van der Waals surface area contributed by atoms with Gasteiger partial charge in [-0.2, -0.15) is 0 Å². The van der Waals surface area contributed by atoms with Crippen LogP contribution in [0.2, 0.25) is 0 Å². The van der Waals surface area contributed by atoms with Crippen molar-refractivity contribution in [3.8, 4) is 0 Å². The summed E-state index contributed by atoms with van der Waals surface area (Å²) >= 11 is 0. The first-order chi connectivity index (χ1) is 9.04. The Balaban J connectivity index is 3.86. The van der Waals surface area contributed by atoms with Gasteiger partial charge in [-0.3, -0.25) is 4.79 Å². The summed E-state index contributed by atoms with van der Waals surface area (Å²) in [7, 11) is 0. The van der Waals surface area contributed by atoms with E-state index in [4.69, 9.17) is 10.2 Å². The van der Waals surface area contributed by atoms with Crippen LogP contribution in [0, 0.1) is 5.92 Å². The third kappa shape index (κ3) is 8.72. The normalized spacial score (nSPS) is 12.5. The van der Waals surface area contributed by atoms with Gasteiger partial charge in [0.15, 0.2) is 6.10 Å². The zero-order chi connectivity index (χ0) is 14.7. The average molecular weight is 274 g/mol. The highest BCUT2D eigenvalue weighted by Crippen LogP contribution is 2.20. The lowest BCUT2D eigenvalue weighted by molar-refractivity contribution is -0.167. The molecule has 0 bridgehead atoms. The molecule has 19 heavy (non-hydrogen) atoms. The van der Waals surface area contributed by atoms with Crippen LogP contribution >= 0.6 is 0 Å². The molecule has 5 nitrogen and oxygen atoms in total. The Labute approximate surface area is 115 Å². The molecular formula is C14H26O5. The topological polar surface area (TPSA) is 83.8 Å². The Morgan fingerprint density at radius 2 is 1.68 bits per heavy atom. The van der Waals surface area contributed by atoms with E-state index in [9.17, 15) is 9.59 Å². The molecule has 0 aliphatic rings. The van der Waals surface area contributed by atoms with E-state index in [-0.39, 0.29) is 6.42 Å². The third-order valence-corrected chi connectivity index (χ3v) is 3.05. The summed E-state index contributed by atoms with van der Waals surface area (Å²) in [5, 5.41) is 17.5. The third-order valence-electron chi connectivity index (χ3n) is 3.05. The largest absolute Gasteiger partial charge is 0.393 e. The predicted octanol–water partition coefficient (Wildman–Crippen LogP) is 1.80. The van der Waals surface area contributed by atoms with Gasteiger partial charge in [-0.1, -0.05) is 39.5 Å². The maximum atomic E-state index is 11.3. The van der Waals surface area contributed by atoms with Gasteiger partial charge < -0.3 is 14.9 Å². The van der Waals surface area contributed by atoms with E-state index < -0.39 is 24.6 Å². The highest BCUT2D eigenvalue weighted by Gasteiger charge is 2.19. The second-order valence-corrected chi connectivity index (χ2v) is 4.83. The first-order valence-electron chi connectivity index (χ1n) is 7.08. The molecule has 0 aromatic carbocycles. The van der Waals surface area contributed by atoms with E-state index in [1.807, 2.05) is 0 Å². The predicted molar refractivity (Wildman–Crippen MR) is 71.3 cm³/mol. The fourth-order valence-electron chi connectivity index (χ4n) is 2.09. The first kappa shape index (κ1) is 18.1. The summed E-state index contributed by atoms with van der Waals surface area (Å²) in [6.45, 7) is 3.55. The van der Waals surface area contributed by atoms with Crippen LogP contribution in [0.25, 0.3) is 0 Å². The molecule has 0 heterocycles. The summed E-state index contributed by atoms with van der Waals surface area (Å²) < 4.78 is 4.42. The van der Waals surface area contributed by atoms with Gasteiger partial charge in [0.1, 0.15) is 0 Å². The van der Waals surface area contributed by atoms with Gasteiger partial charge in [-0.05, 0) is 18.8 Å². The van der Waals surface area contributed by atoms with Gasteiger partial charge in [-0.15, -0.1) is 0 Å². The summed E-state index contributed by atoms with van der Waals surface area (Å²) in [5.41, 5.74) is 0. The van der Waals surface area contributed by atoms with Gasteiger partial charge >= 0.3 is 11.9 Å². The molecule has 1 unspecified atom stereocenters. The zero-order valence-corrected chi connectivity index (χ0v) is 11.9. The summed E-state index contributed by atoms with van der Waals surface area (Å²) in [6.07, 6.45) is 4.77. The highest BCUT2D eigenvalue weighted by atomic mass is 16.6. The Morgan fingerprint density at radius 1 is 1.11 bits per heavy atom. The standard InChI is InChI=1S/C14H26O5/c1-3-6-11(7-4-2)8-5-9-13(17)19-14(18)12(16)10-15/h11-12,15-16H,3-10H2,1-2H3. The number of rotatable bonds is 10. The van der Waals surface area contributed by atoms with Gasteiger partial charge in [0.2, 0.25) is 0 Å². The number of aliphatic hydroxyl groups is 2. The Bertz CT molecular complexity index is 259. The molecule has 0 radical (unpaired) electrons. The number of hydrogen-bond donors (Lipinski definition) is 2. The van der Waals surface area contributed by atoms with Crippen LogP contribution in [0.1, 0.15) is 58.8 Å². The van der Waals surface area contributed by atoms with Crippen LogP contribution in [0.15, 0.2) is 0 Å². The van der Waals surface area contributed by atoms with E-state index in [1.54, 1.807) is 0 Å². The molecule has 0 fully saturated rings. The molecule has 112 valence electrons. The molecule has 0 amide bonds. The van der Waals surface area contributed by atoms with Crippen molar-refractivity contribution in [3.05, 3.63) is 0 Å². The van der Waals surface area contributed by atoms with Crippen molar-refractivity contribution in [3.63, 3.8) is 0 Å². The number of hydrogen-bond acceptors (Lipinski definition) is 5. The van der Waals surface area contributed by atoms with Crippen LogP contribution in [0.4, 0.5) is 0 Å². The minimum atomic E-state index is -1.63. The second-order valence-electron chi connectivity index (χ2n) is 4.83. The Morgan fingerprint density at radius 3 is 2.16 bits per heavy atom. The quantitative estimate of drug-likeness (QED) is 0.469. The van der Waals surface area contributed by atoms with Crippen molar-refractivity contribution in [2.75, 3.05) is 6.61 Å². The summed E-state index contributed by atoms with van der Waals surface area (Å²) in [6, 6.07) is 0. The molecular weight excluding hydrogens is 248 g/mol. The lowest BCUT2D eigenvalue weighted by atomic mass is 9.93. The average Bonchev–Trinajstić information content (AvgIpc) is 2.38. The fourth-order valence-corrected chi connectivity index (χ4v) is 2.09. The first-order valence-corrected chi connectivity index (χ1v) is 7.08. The van der Waals surface area contributed by atoms with Crippen molar-refractivity contribution in [1.29, 1.82) is 0 Å². The number of ether oxygens (including phenoxy) is 1. The number of aliphatic hydroxyl groups excluding tert-OH is 2. The molecule has 0 aliphatic carbocycles. The van der Waals surface area contributed by atoms with E-state index in [1.165, 1.54) is 0 Å². The van der Waals surface area contributed by atoms with Gasteiger partial charge in [0, 0.05) is 6.42 Å². The molecule has 0 spiro atoms. The molecule has 0 rings (SSSR count). The van der Waals surface area contributed by atoms with Crippen LogP contribution in [0.3, 0.4) is 0 Å². The van der Waals surface area contributed by atoms with Crippen LogP contribution < -0.4 is 0 Å². The SMILES string of the molecule is CCCC(CCC)CCCC(=O)OC(=O)C(O)CO. The van der Waals surface area contributed by atoms with Crippen molar-refractivity contribution >= 4 is 11.9 Å². The molecule has 0 aliphatic heterocycles. The summed E-state index contributed by atoms with van der Waals surface area (Å²) in [4.78, 5) is 22.4. The van der Waals surface area contributed by atoms with Crippen LogP contribution in [0.5, 0.6) is 0 Å². The lowest BCUT2D eigenvalue weighted by Gasteiger charge is -2.14. The van der Waals surface area contributed by atoms with Gasteiger partial charge in [-0.25, -0.2) is 4.79 Å². The number of esters is 2. The van der Waals surface area contributed by atoms with Crippen LogP contribution in [-0.2, 0) is 14.3 Å². The molecule has 2 N–H and O–H groups in total. The molecule has 5 heteroatoms. The second kappa shape index (κ2) is 10.9. The van der Waals surface area contributed by atoms with Crippen molar-refractivity contribution < 1.29 is 24.5 Å². The maximum Gasteiger partial charge on any atom is 0.345 e. The molecule has 0 saturated carbocycles. The summed E-state index contributed by atoms with van der Waals surface area (Å²) in [5.74, 6) is -1.09. The van der Waals surface area contributed by atoms with E-state index in [0.717, 1.165) is 32.1 Å². The monoisotopic (exact) mass is 274 g/mol. The van der Waals surface area contributed by atoms with E-state index >= 15 is 0 Å². The number of carbonyl (C=O) groups is 2. The molecule has 0 saturated heterocycles. The minimum absolute atomic E-state index is 0.174.